The SMILES string of the molecule is C=Cc1cc(OC)c(OC)c(C)c1[Si]. The second-order valence-corrected chi connectivity index (χ2v) is 3.41. The average Bonchev–Trinajstić information content (AvgIpc) is 2.21. The van der Waals surface area contributed by atoms with Crippen LogP contribution >= 0.6 is 0 Å². The summed E-state index contributed by atoms with van der Waals surface area (Å²) in [6.07, 6.45) is 1.78. The Kier molecular flexibility index (Phi) is 3.36. The third-order valence-electron chi connectivity index (χ3n) is 2.16. The summed E-state index contributed by atoms with van der Waals surface area (Å²) in [4.78, 5) is 0. The number of hydrogen-bond acceptors (Lipinski definition) is 2. The van der Waals surface area contributed by atoms with Gasteiger partial charge in [-0.15, -0.1) is 0 Å². The van der Waals surface area contributed by atoms with Crippen molar-refractivity contribution in [3.8, 4) is 11.5 Å². The first-order valence-corrected chi connectivity index (χ1v) is 4.75. The molecule has 0 amide bonds. The van der Waals surface area contributed by atoms with E-state index in [1.54, 1.807) is 20.3 Å². The third-order valence-corrected chi connectivity index (χ3v) is 2.82. The Hall–Kier alpha value is -1.22. The highest BCUT2D eigenvalue weighted by Gasteiger charge is 2.11. The van der Waals surface area contributed by atoms with Crippen molar-refractivity contribution in [2.75, 3.05) is 14.2 Å². The molecule has 0 aliphatic carbocycles. The molecular weight excluding hydrogens is 192 g/mol. The minimum absolute atomic E-state index is 0.724. The van der Waals surface area contributed by atoms with Crippen molar-refractivity contribution in [3.05, 3.63) is 23.8 Å². The molecule has 0 saturated carbocycles. The number of ether oxygens (including phenoxy) is 2. The van der Waals surface area contributed by atoms with Crippen LogP contribution in [-0.2, 0) is 0 Å². The van der Waals surface area contributed by atoms with Crippen LogP contribution in [0.1, 0.15) is 11.1 Å². The molecule has 0 heterocycles. The van der Waals surface area contributed by atoms with Gasteiger partial charge in [-0.2, -0.15) is 0 Å². The van der Waals surface area contributed by atoms with E-state index in [9.17, 15) is 0 Å². The Bertz CT molecular complexity index is 359. The molecule has 1 aromatic rings. The first-order valence-electron chi connectivity index (χ1n) is 4.25. The molecule has 0 saturated heterocycles. The second-order valence-electron chi connectivity index (χ2n) is 2.91. The normalized spacial score (nSPS) is 9.71. The van der Waals surface area contributed by atoms with Gasteiger partial charge in [0.2, 0.25) is 0 Å². The zero-order valence-electron chi connectivity index (χ0n) is 8.68. The molecule has 73 valence electrons. The van der Waals surface area contributed by atoms with Crippen LogP contribution in [0, 0.1) is 6.92 Å². The van der Waals surface area contributed by atoms with E-state index >= 15 is 0 Å². The van der Waals surface area contributed by atoms with Crippen LogP contribution in [0.4, 0.5) is 0 Å². The van der Waals surface area contributed by atoms with Crippen LogP contribution in [-0.4, -0.2) is 24.5 Å². The van der Waals surface area contributed by atoms with Gasteiger partial charge in [-0.1, -0.05) is 17.8 Å². The summed E-state index contributed by atoms with van der Waals surface area (Å²) in [6.45, 7) is 5.71. The molecule has 0 atom stereocenters. The molecule has 0 spiro atoms. The van der Waals surface area contributed by atoms with Crippen LogP contribution in [0.25, 0.3) is 6.08 Å². The molecule has 1 rings (SSSR count). The number of hydrogen-bond donors (Lipinski definition) is 0. The van der Waals surface area contributed by atoms with Crippen molar-refractivity contribution in [1.29, 1.82) is 0 Å². The van der Waals surface area contributed by atoms with Crippen molar-refractivity contribution in [1.82, 2.24) is 0 Å². The van der Waals surface area contributed by atoms with Crippen molar-refractivity contribution in [3.63, 3.8) is 0 Å². The molecule has 0 aliphatic heterocycles. The minimum atomic E-state index is 0.724. The fourth-order valence-electron chi connectivity index (χ4n) is 1.36. The Morgan fingerprint density at radius 2 is 2.00 bits per heavy atom. The first kappa shape index (κ1) is 10.9. The van der Waals surface area contributed by atoms with E-state index in [0.717, 1.165) is 27.8 Å². The van der Waals surface area contributed by atoms with E-state index in [1.165, 1.54) is 0 Å². The molecule has 0 bridgehead atoms. The zero-order chi connectivity index (χ0) is 10.7. The summed E-state index contributed by atoms with van der Waals surface area (Å²) in [5.41, 5.74) is 2.01. The number of rotatable bonds is 3. The van der Waals surface area contributed by atoms with Crippen LogP contribution < -0.4 is 14.7 Å². The molecule has 3 heteroatoms. The minimum Gasteiger partial charge on any atom is -0.493 e. The largest absolute Gasteiger partial charge is 0.493 e. The van der Waals surface area contributed by atoms with Crippen molar-refractivity contribution in [2.24, 2.45) is 0 Å². The van der Waals surface area contributed by atoms with Gasteiger partial charge < -0.3 is 9.47 Å². The lowest BCUT2D eigenvalue weighted by molar-refractivity contribution is 0.353. The zero-order valence-corrected chi connectivity index (χ0v) is 9.68. The number of benzene rings is 1. The smallest absolute Gasteiger partial charge is 0.163 e. The van der Waals surface area contributed by atoms with Crippen LogP contribution in [0.3, 0.4) is 0 Å². The highest BCUT2D eigenvalue weighted by molar-refractivity contribution is 6.35. The summed E-state index contributed by atoms with van der Waals surface area (Å²) in [6, 6.07) is 1.89. The molecule has 0 aromatic heterocycles. The van der Waals surface area contributed by atoms with Crippen LogP contribution in [0.5, 0.6) is 11.5 Å². The quantitative estimate of drug-likeness (QED) is 0.695. The van der Waals surface area contributed by atoms with Crippen LogP contribution in [0.2, 0.25) is 0 Å². The topological polar surface area (TPSA) is 18.5 Å². The standard InChI is InChI=1S/C11H13O2Si/c1-5-8-6-9(12-3)10(13-4)7(2)11(8)14/h5-6H,1H2,2-4H3. The van der Waals surface area contributed by atoms with Crippen molar-refractivity contribution < 1.29 is 9.47 Å². The van der Waals surface area contributed by atoms with Gasteiger partial charge >= 0.3 is 0 Å². The Labute approximate surface area is 88.0 Å². The molecule has 14 heavy (non-hydrogen) atoms. The fraction of sp³-hybridized carbons (Fsp3) is 0.273. The summed E-state index contributed by atoms with van der Waals surface area (Å²) >= 11 is 0. The molecule has 3 radical (unpaired) electrons. The first-order chi connectivity index (χ1) is 6.65. The highest BCUT2D eigenvalue weighted by atomic mass is 28.1. The van der Waals surface area contributed by atoms with Gasteiger partial charge in [0.25, 0.3) is 0 Å². The van der Waals surface area contributed by atoms with Gasteiger partial charge in [-0.05, 0) is 24.1 Å². The highest BCUT2D eigenvalue weighted by Crippen LogP contribution is 2.30. The van der Waals surface area contributed by atoms with Crippen molar-refractivity contribution >= 4 is 21.5 Å². The molecule has 0 unspecified atom stereocenters. The average molecular weight is 205 g/mol. The van der Waals surface area contributed by atoms with E-state index in [4.69, 9.17) is 9.47 Å². The van der Waals surface area contributed by atoms with Gasteiger partial charge in [0.05, 0.1) is 24.5 Å². The molecule has 0 aliphatic rings. The molecule has 0 N–H and O–H groups in total. The number of methoxy groups -OCH3 is 2. The maximum atomic E-state index is 5.26. The summed E-state index contributed by atoms with van der Waals surface area (Å²) < 4.78 is 10.5. The Balaban J connectivity index is 3.45. The molecule has 1 aromatic carbocycles. The van der Waals surface area contributed by atoms with Crippen molar-refractivity contribution in [2.45, 2.75) is 6.92 Å². The lowest BCUT2D eigenvalue weighted by Gasteiger charge is -2.14. The molecular formula is C11H13O2Si. The lowest BCUT2D eigenvalue weighted by atomic mass is 10.1. The van der Waals surface area contributed by atoms with Gasteiger partial charge in [0.1, 0.15) is 0 Å². The van der Waals surface area contributed by atoms with Gasteiger partial charge in [-0.3, -0.25) is 0 Å². The van der Waals surface area contributed by atoms with Gasteiger partial charge in [-0.25, -0.2) is 0 Å². The van der Waals surface area contributed by atoms with Gasteiger partial charge in [0.15, 0.2) is 11.5 Å². The predicted molar refractivity (Wildman–Crippen MR) is 59.8 cm³/mol. The van der Waals surface area contributed by atoms with Gasteiger partial charge in [0, 0.05) is 0 Å². The summed E-state index contributed by atoms with van der Waals surface area (Å²) in [5.74, 6) is 1.48. The molecule has 2 nitrogen and oxygen atoms in total. The van der Waals surface area contributed by atoms with E-state index in [0.29, 0.717) is 0 Å². The monoisotopic (exact) mass is 205 g/mol. The Morgan fingerprint density at radius 1 is 1.36 bits per heavy atom. The maximum Gasteiger partial charge on any atom is 0.163 e. The predicted octanol–water partition coefficient (Wildman–Crippen LogP) is 1.45. The molecule has 0 fully saturated rings. The van der Waals surface area contributed by atoms with E-state index < -0.39 is 0 Å². The maximum absolute atomic E-state index is 5.26. The van der Waals surface area contributed by atoms with E-state index in [1.807, 2.05) is 13.0 Å². The lowest BCUT2D eigenvalue weighted by Crippen LogP contribution is -2.13. The second kappa shape index (κ2) is 4.33. The van der Waals surface area contributed by atoms with E-state index in [2.05, 4.69) is 16.8 Å². The summed E-state index contributed by atoms with van der Waals surface area (Å²) in [7, 11) is 6.79. The fourth-order valence-corrected chi connectivity index (χ4v) is 1.65. The van der Waals surface area contributed by atoms with E-state index in [-0.39, 0.29) is 0 Å². The van der Waals surface area contributed by atoms with Crippen LogP contribution in [0.15, 0.2) is 12.6 Å². The Morgan fingerprint density at radius 3 is 2.43 bits per heavy atom. The summed E-state index contributed by atoms with van der Waals surface area (Å²) in [5, 5.41) is 0.984. The third kappa shape index (κ3) is 1.68.